The Morgan fingerprint density at radius 3 is 1.21 bits per heavy atom. The largest absolute Gasteiger partial charge is 0.506 e. The molecule has 0 unspecified atom stereocenters. The number of aryl methyl sites for hydroxylation is 2. The fourth-order valence-corrected chi connectivity index (χ4v) is 5.62. The maximum absolute atomic E-state index is 12.2. The standard InChI is InChI=1S/C28H22N4O12S2.Na/c33-23-11-17(27(35)36)5-9-21(23)31-29-19-7-3-15(25(13-19)45(39,40)41)1-2-16-4-8-20(14-26(16)46(42,43)44)30-32-22-10-6-18(28(37)38)12-24(22)34;/h3-14,33-34H,1-2H2,(H,35,36)(H,37,38)(H,39,40,41)(H,42,43,44);. The molecule has 4 rings (SSSR count). The zero-order chi connectivity index (χ0) is 33.8. The second-order valence-electron chi connectivity index (χ2n) is 9.45. The Bertz CT molecular complexity index is 2000. The first-order valence-electron chi connectivity index (χ1n) is 12.7. The summed E-state index contributed by atoms with van der Waals surface area (Å²) in [4.78, 5) is 20.9. The molecule has 4 aromatic carbocycles. The zero-order valence-corrected chi connectivity index (χ0v) is 27.7. The Hall–Kier alpha value is -4.56. The Morgan fingerprint density at radius 2 is 0.915 bits per heavy atom. The van der Waals surface area contributed by atoms with Crippen LogP contribution in [0.25, 0.3) is 0 Å². The van der Waals surface area contributed by atoms with Gasteiger partial charge in [-0.05, 0) is 84.6 Å². The number of carbonyl (C=O) groups is 2. The van der Waals surface area contributed by atoms with Gasteiger partial charge in [-0.25, -0.2) is 9.59 Å². The summed E-state index contributed by atoms with van der Waals surface area (Å²) in [6.07, 6.45) is -0.283. The first-order valence-corrected chi connectivity index (χ1v) is 15.6. The molecule has 0 atom stereocenters. The van der Waals surface area contributed by atoms with Gasteiger partial charge < -0.3 is 20.4 Å². The molecule has 0 bridgehead atoms. The fourth-order valence-electron chi connectivity index (χ4n) is 4.08. The minimum atomic E-state index is -4.82. The van der Waals surface area contributed by atoms with Gasteiger partial charge in [0.2, 0.25) is 0 Å². The van der Waals surface area contributed by atoms with Gasteiger partial charge in [0, 0.05) is 29.6 Å². The number of rotatable bonds is 11. The quantitative estimate of drug-likeness (QED) is 0.0670. The van der Waals surface area contributed by atoms with Crippen LogP contribution in [0.4, 0.5) is 22.7 Å². The zero-order valence-electron chi connectivity index (χ0n) is 24.1. The molecule has 4 aromatic rings. The Kier molecular flexibility index (Phi) is 11.7. The minimum Gasteiger partial charge on any atom is -0.506 e. The van der Waals surface area contributed by atoms with E-state index >= 15 is 0 Å². The van der Waals surface area contributed by atoms with E-state index in [1.54, 1.807) is 0 Å². The summed E-state index contributed by atoms with van der Waals surface area (Å²) >= 11 is 0. The molecule has 6 N–H and O–H groups in total. The molecule has 0 aliphatic heterocycles. The number of hydrogen-bond acceptors (Lipinski definition) is 12. The monoisotopic (exact) mass is 693 g/mol. The number of azo groups is 2. The van der Waals surface area contributed by atoms with E-state index in [2.05, 4.69) is 20.5 Å². The second kappa shape index (κ2) is 14.9. The number of benzene rings is 4. The van der Waals surface area contributed by atoms with Gasteiger partial charge in [-0.3, -0.25) is 9.11 Å². The average molecular weight is 694 g/mol. The third kappa shape index (κ3) is 9.48. The van der Waals surface area contributed by atoms with Crippen LogP contribution in [0.2, 0.25) is 0 Å². The van der Waals surface area contributed by atoms with Crippen LogP contribution in [0.15, 0.2) is 103 Å². The second-order valence-corrected chi connectivity index (χ2v) is 12.2. The van der Waals surface area contributed by atoms with Crippen molar-refractivity contribution in [3.8, 4) is 11.5 Å². The topological polar surface area (TPSA) is 273 Å². The number of aromatic carboxylic acids is 2. The SMILES string of the molecule is O=C(O)c1ccc(N=Nc2ccc(CCc3ccc(N=Nc4ccc(C(=O)O)cc4O)cc3S(=O)(=O)O)c(S(=O)(=O)O)c2)c(O)c1.[Na]. The number of phenols is 2. The van der Waals surface area contributed by atoms with Crippen LogP contribution < -0.4 is 0 Å². The van der Waals surface area contributed by atoms with Crippen molar-refractivity contribution in [1.29, 1.82) is 0 Å². The average Bonchev–Trinajstić information content (AvgIpc) is 2.98. The van der Waals surface area contributed by atoms with Crippen molar-refractivity contribution < 1.29 is 56.0 Å². The van der Waals surface area contributed by atoms with Crippen molar-refractivity contribution in [2.24, 2.45) is 20.5 Å². The van der Waals surface area contributed by atoms with E-state index in [0.29, 0.717) is 0 Å². The summed E-state index contributed by atoms with van der Waals surface area (Å²) in [5.41, 5.74) is -0.635. The number of carboxylic acids is 2. The molecule has 19 heteroatoms. The molecule has 0 saturated heterocycles. The molecule has 0 spiro atoms. The smallest absolute Gasteiger partial charge is 0.335 e. The molecule has 16 nitrogen and oxygen atoms in total. The fraction of sp³-hybridized carbons (Fsp3) is 0.0714. The summed E-state index contributed by atoms with van der Waals surface area (Å²) < 4.78 is 68.3. The van der Waals surface area contributed by atoms with Crippen molar-refractivity contribution in [2.45, 2.75) is 22.6 Å². The van der Waals surface area contributed by atoms with Crippen molar-refractivity contribution in [1.82, 2.24) is 0 Å². The van der Waals surface area contributed by atoms with Gasteiger partial charge >= 0.3 is 11.9 Å². The molecule has 0 aromatic heterocycles. The van der Waals surface area contributed by atoms with Crippen LogP contribution in [-0.2, 0) is 33.1 Å². The third-order valence-corrected chi connectivity index (χ3v) is 8.18. The van der Waals surface area contributed by atoms with E-state index < -0.39 is 53.5 Å². The summed E-state index contributed by atoms with van der Waals surface area (Å²) in [6, 6.07) is 13.8. The predicted molar refractivity (Wildman–Crippen MR) is 164 cm³/mol. The Labute approximate surface area is 288 Å². The molecular formula is C28H22N4NaO12S2. The summed E-state index contributed by atoms with van der Waals surface area (Å²) in [6.45, 7) is 0. The first kappa shape index (κ1) is 36.9. The van der Waals surface area contributed by atoms with Gasteiger partial charge in [-0.1, -0.05) is 12.1 Å². The molecule has 1 radical (unpaired) electrons. The molecule has 0 fully saturated rings. The summed E-state index contributed by atoms with van der Waals surface area (Å²) in [7, 11) is -9.64. The Morgan fingerprint density at radius 1 is 0.553 bits per heavy atom. The van der Waals surface area contributed by atoms with Gasteiger partial charge in [-0.15, -0.1) is 10.2 Å². The number of aromatic hydroxyl groups is 2. The third-order valence-electron chi connectivity index (χ3n) is 6.31. The normalized spacial score (nSPS) is 11.9. The van der Waals surface area contributed by atoms with Crippen molar-refractivity contribution in [3.05, 3.63) is 95.1 Å². The molecule has 47 heavy (non-hydrogen) atoms. The first-order chi connectivity index (χ1) is 21.5. The van der Waals surface area contributed by atoms with Crippen LogP contribution >= 0.6 is 0 Å². The molecule has 0 aliphatic carbocycles. The maximum Gasteiger partial charge on any atom is 0.335 e. The molecule has 239 valence electrons. The maximum atomic E-state index is 12.2. The molecule has 0 heterocycles. The number of carboxylic acid groups (broad SMARTS) is 2. The van der Waals surface area contributed by atoms with Crippen molar-refractivity contribution >= 4 is 84.5 Å². The molecule has 0 saturated carbocycles. The van der Waals surface area contributed by atoms with E-state index in [1.807, 2.05) is 0 Å². The van der Waals surface area contributed by atoms with E-state index in [9.17, 15) is 45.7 Å². The van der Waals surface area contributed by atoms with Crippen LogP contribution in [0, 0.1) is 0 Å². The van der Waals surface area contributed by atoms with E-state index in [4.69, 9.17) is 10.2 Å². The van der Waals surface area contributed by atoms with Crippen LogP contribution in [-0.4, -0.2) is 87.9 Å². The van der Waals surface area contributed by atoms with Gasteiger partial charge in [0.1, 0.15) is 22.9 Å². The van der Waals surface area contributed by atoms with E-state index in [-0.39, 0.29) is 87.4 Å². The van der Waals surface area contributed by atoms with Crippen LogP contribution in [0.5, 0.6) is 11.5 Å². The summed E-state index contributed by atoms with van der Waals surface area (Å²) in [5, 5.41) is 53.2. The van der Waals surface area contributed by atoms with Crippen LogP contribution in [0.1, 0.15) is 31.8 Å². The van der Waals surface area contributed by atoms with Crippen LogP contribution in [0.3, 0.4) is 0 Å². The van der Waals surface area contributed by atoms with Gasteiger partial charge in [-0.2, -0.15) is 27.1 Å². The number of phenolic OH excluding ortho intramolecular Hbond substituents is 2. The molecule has 0 aliphatic rings. The van der Waals surface area contributed by atoms with Gasteiger partial charge in [0.25, 0.3) is 20.2 Å². The van der Waals surface area contributed by atoms with Crippen molar-refractivity contribution in [2.75, 3.05) is 0 Å². The number of nitrogens with zero attached hydrogens (tertiary/aromatic N) is 4. The van der Waals surface area contributed by atoms with Gasteiger partial charge in [0.15, 0.2) is 0 Å². The van der Waals surface area contributed by atoms with Gasteiger partial charge in [0.05, 0.1) is 32.3 Å². The minimum absolute atomic E-state index is 0. The predicted octanol–water partition coefficient (Wildman–Crippen LogP) is 5.22. The Balaban J connectivity index is 0.00000600. The molecule has 0 amide bonds. The van der Waals surface area contributed by atoms with E-state index in [1.165, 1.54) is 48.5 Å². The number of hydrogen-bond donors (Lipinski definition) is 6. The summed E-state index contributed by atoms with van der Waals surface area (Å²) in [5.74, 6) is -3.55. The molecular weight excluding hydrogens is 671 g/mol. The van der Waals surface area contributed by atoms with Crippen molar-refractivity contribution in [3.63, 3.8) is 0 Å². The van der Waals surface area contributed by atoms with E-state index in [0.717, 1.165) is 24.3 Å².